The number of ether oxygens (including phenoxy) is 1. The Kier molecular flexibility index (Phi) is 5.92. The third-order valence-electron chi connectivity index (χ3n) is 5.66. The molecule has 8 heteroatoms. The molecule has 1 aliphatic rings. The molecule has 0 amide bonds. The van der Waals surface area contributed by atoms with Crippen molar-refractivity contribution in [2.24, 2.45) is 0 Å². The molecular weight excluding hydrogens is 430 g/mol. The molecule has 0 saturated heterocycles. The number of fused-ring (bicyclic) bond motifs is 3. The van der Waals surface area contributed by atoms with E-state index in [1.807, 2.05) is 6.92 Å². The third kappa shape index (κ3) is 4.33. The van der Waals surface area contributed by atoms with Crippen molar-refractivity contribution in [3.8, 4) is 5.75 Å². The maximum Gasteiger partial charge on any atom is 0.339 e. The lowest BCUT2D eigenvalue weighted by Gasteiger charge is -2.19. The lowest BCUT2D eigenvalue weighted by atomic mass is 9.90. The lowest BCUT2D eigenvalue weighted by Crippen LogP contribution is -2.40. The smallest absolute Gasteiger partial charge is 0.339 e. The molecule has 2 aromatic carbocycles. The summed E-state index contributed by atoms with van der Waals surface area (Å²) in [7, 11) is -3.89. The zero-order valence-corrected chi connectivity index (χ0v) is 19.0. The summed E-state index contributed by atoms with van der Waals surface area (Å²) in [5.74, 6) is -0.475. The number of esters is 1. The van der Waals surface area contributed by atoms with Gasteiger partial charge in [-0.3, -0.25) is 0 Å². The highest BCUT2D eigenvalue weighted by Crippen LogP contribution is 2.34. The van der Waals surface area contributed by atoms with Gasteiger partial charge in [0.25, 0.3) is 0 Å². The summed E-state index contributed by atoms with van der Waals surface area (Å²) in [6.45, 7) is 5.10. The predicted octanol–water partition coefficient (Wildman–Crippen LogP) is 3.56. The maximum atomic E-state index is 12.8. The van der Waals surface area contributed by atoms with Gasteiger partial charge in [-0.25, -0.2) is 18.0 Å². The second-order valence-electron chi connectivity index (χ2n) is 8.27. The van der Waals surface area contributed by atoms with Crippen molar-refractivity contribution in [1.29, 1.82) is 0 Å². The number of aryl methyl sites for hydroxylation is 3. The van der Waals surface area contributed by atoms with Crippen LogP contribution in [-0.4, -0.2) is 20.4 Å². The SMILES string of the molecule is Cc1ccc(S(=O)(=O)N[C@@H](C)C(=O)Oc2cc(C)cc3oc(=O)c4c(c23)CCCC4)cc1. The van der Waals surface area contributed by atoms with Crippen LogP contribution in [0.2, 0.25) is 0 Å². The summed E-state index contributed by atoms with van der Waals surface area (Å²) in [6, 6.07) is 8.67. The molecule has 7 nitrogen and oxygen atoms in total. The molecule has 0 aliphatic heterocycles. The van der Waals surface area contributed by atoms with Crippen LogP contribution < -0.4 is 15.1 Å². The first-order chi connectivity index (χ1) is 15.2. The summed E-state index contributed by atoms with van der Waals surface area (Å²) >= 11 is 0. The summed E-state index contributed by atoms with van der Waals surface area (Å²) in [6.07, 6.45) is 3.16. The molecule has 168 valence electrons. The minimum absolute atomic E-state index is 0.0691. The molecule has 4 rings (SSSR count). The third-order valence-corrected chi connectivity index (χ3v) is 7.21. The van der Waals surface area contributed by atoms with Crippen LogP contribution in [0.15, 0.2) is 50.5 Å². The molecule has 32 heavy (non-hydrogen) atoms. The normalized spacial score (nSPS) is 14.7. The van der Waals surface area contributed by atoms with Crippen molar-refractivity contribution < 1.29 is 22.4 Å². The van der Waals surface area contributed by atoms with E-state index in [0.29, 0.717) is 29.4 Å². The number of carbonyl (C=O) groups is 1. The molecule has 0 saturated carbocycles. The molecule has 0 radical (unpaired) electrons. The van der Waals surface area contributed by atoms with Gasteiger partial charge < -0.3 is 9.15 Å². The second kappa shape index (κ2) is 8.52. The van der Waals surface area contributed by atoms with Crippen molar-refractivity contribution >= 4 is 27.0 Å². The van der Waals surface area contributed by atoms with Crippen LogP contribution in [-0.2, 0) is 27.7 Å². The fourth-order valence-electron chi connectivity index (χ4n) is 4.01. The van der Waals surface area contributed by atoms with Gasteiger partial charge in [-0.2, -0.15) is 4.72 Å². The topological polar surface area (TPSA) is 103 Å². The van der Waals surface area contributed by atoms with Crippen LogP contribution in [0.4, 0.5) is 0 Å². The molecule has 0 unspecified atom stereocenters. The Labute approximate surface area is 186 Å². The average Bonchev–Trinajstić information content (AvgIpc) is 2.73. The minimum Gasteiger partial charge on any atom is -0.425 e. The quantitative estimate of drug-likeness (QED) is 0.359. The van der Waals surface area contributed by atoms with Gasteiger partial charge in [-0.15, -0.1) is 0 Å². The van der Waals surface area contributed by atoms with Gasteiger partial charge in [-0.1, -0.05) is 17.7 Å². The Morgan fingerprint density at radius 1 is 1.03 bits per heavy atom. The number of benzene rings is 2. The van der Waals surface area contributed by atoms with E-state index >= 15 is 0 Å². The highest BCUT2D eigenvalue weighted by Gasteiger charge is 2.26. The fourth-order valence-corrected chi connectivity index (χ4v) is 5.20. The number of nitrogens with one attached hydrogen (secondary N) is 1. The van der Waals surface area contributed by atoms with Crippen LogP contribution in [0, 0.1) is 13.8 Å². The van der Waals surface area contributed by atoms with Crippen molar-refractivity contribution in [1.82, 2.24) is 4.72 Å². The summed E-state index contributed by atoms with van der Waals surface area (Å²) in [4.78, 5) is 25.3. The molecule has 1 aromatic heterocycles. The zero-order valence-electron chi connectivity index (χ0n) is 18.2. The van der Waals surface area contributed by atoms with Crippen LogP contribution in [0.5, 0.6) is 5.75 Å². The van der Waals surface area contributed by atoms with Gasteiger partial charge in [0, 0.05) is 5.56 Å². The first-order valence-electron chi connectivity index (χ1n) is 10.6. The van der Waals surface area contributed by atoms with Crippen LogP contribution >= 0.6 is 0 Å². The highest BCUT2D eigenvalue weighted by molar-refractivity contribution is 7.89. The van der Waals surface area contributed by atoms with Crippen LogP contribution in [0.1, 0.15) is 42.0 Å². The first-order valence-corrected chi connectivity index (χ1v) is 12.0. The predicted molar refractivity (Wildman–Crippen MR) is 120 cm³/mol. The van der Waals surface area contributed by atoms with E-state index in [-0.39, 0.29) is 16.3 Å². The Hall–Kier alpha value is -2.97. The lowest BCUT2D eigenvalue weighted by molar-refractivity contribution is -0.135. The summed E-state index contributed by atoms with van der Waals surface area (Å²) < 4.78 is 38.8. The molecule has 1 atom stereocenters. The molecule has 0 bridgehead atoms. The van der Waals surface area contributed by atoms with Crippen molar-refractivity contribution in [3.05, 3.63) is 69.1 Å². The van der Waals surface area contributed by atoms with E-state index in [0.717, 1.165) is 29.5 Å². The number of rotatable bonds is 5. The van der Waals surface area contributed by atoms with Crippen molar-refractivity contribution in [2.45, 2.75) is 57.4 Å². The first kappa shape index (κ1) is 22.2. The van der Waals surface area contributed by atoms with Gasteiger partial charge >= 0.3 is 11.6 Å². The number of hydrogen-bond donors (Lipinski definition) is 1. The number of carbonyl (C=O) groups excluding carboxylic acids is 1. The van der Waals surface area contributed by atoms with E-state index in [2.05, 4.69) is 4.72 Å². The van der Waals surface area contributed by atoms with Gasteiger partial charge in [0.15, 0.2) is 0 Å². The molecule has 0 fully saturated rings. The van der Waals surface area contributed by atoms with Crippen molar-refractivity contribution in [2.75, 3.05) is 0 Å². The highest BCUT2D eigenvalue weighted by atomic mass is 32.2. The van der Waals surface area contributed by atoms with E-state index in [4.69, 9.17) is 9.15 Å². The molecule has 3 aromatic rings. The van der Waals surface area contributed by atoms with Crippen LogP contribution in [0.3, 0.4) is 0 Å². The number of hydrogen-bond acceptors (Lipinski definition) is 6. The van der Waals surface area contributed by atoms with Crippen molar-refractivity contribution in [3.63, 3.8) is 0 Å². The molecular formula is C24H25NO6S. The summed E-state index contributed by atoms with van der Waals surface area (Å²) in [5, 5.41) is 0.604. The van der Waals surface area contributed by atoms with E-state index in [1.165, 1.54) is 19.1 Å². The maximum absolute atomic E-state index is 12.8. The molecule has 1 N–H and O–H groups in total. The van der Waals surface area contributed by atoms with Gasteiger partial charge in [-0.05, 0) is 81.8 Å². The van der Waals surface area contributed by atoms with E-state index < -0.39 is 22.0 Å². The monoisotopic (exact) mass is 455 g/mol. The Morgan fingerprint density at radius 3 is 2.38 bits per heavy atom. The van der Waals surface area contributed by atoms with Gasteiger partial charge in [0.2, 0.25) is 10.0 Å². The fraction of sp³-hybridized carbons (Fsp3) is 0.333. The Bertz CT molecular complexity index is 1360. The van der Waals surface area contributed by atoms with Gasteiger partial charge in [0.1, 0.15) is 17.4 Å². The van der Waals surface area contributed by atoms with Gasteiger partial charge in [0.05, 0.1) is 10.3 Å². The Balaban J connectivity index is 1.65. The zero-order chi connectivity index (χ0) is 23.0. The number of sulfonamides is 1. The summed E-state index contributed by atoms with van der Waals surface area (Å²) in [5.41, 5.74) is 3.17. The standard InChI is InChI=1S/C24H25NO6S/c1-14-8-10-17(11-9-14)32(28,29)25-16(3)23(26)30-20-12-15(2)13-21-22(20)18-6-4-5-7-19(18)24(27)31-21/h8-13,16,25H,4-7H2,1-3H3/t16-/m0/s1. The molecule has 0 spiro atoms. The average molecular weight is 456 g/mol. The molecule has 1 aliphatic carbocycles. The minimum atomic E-state index is -3.89. The van der Waals surface area contributed by atoms with Crippen LogP contribution in [0.25, 0.3) is 11.0 Å². The van der Waals surface area contributed by atoms with E-state index in [1.54, 1.807) is 31.2 Å². The largest absolute Gasteiger partial charge is 0.425 e. The Morgan fingerprint density at radius 2 is 1.69 bits per heavy atom. The van der Waals surface area contributed by atoms with E-state index in [9.17, 15) is 18.0 Å². The second-order valence-corrected chi connectivity index (χ2v) is 9.98. The molecule has 1 heterocycles.